The fraction of sp³-hybridized carbons (Fsp3) is 0.143. The molecule has 0 amide bonds. The van der Waals surface area contributed by atoms with E-state index in [-0.39, 0.29) is 5.69 Å². The molecule has 0 atom stereocenters. The van der Waals surface area contributed by atoms with E-state index in [1.54, 1.807) is 6.92 Å². The molecule has 10 heavy (non-hydrogen) atoms. The van der Waals surface area contributed by atoms with Crippen LogP contribution in [0.2, 0.25) is 0 Å². The molecule has 0 aliphatic rings. The lowest BCUT2D eigenvalue weighted by Crippen LogP contribution is -1.91. The molecule has 0 fully saturated rings. The Labute approximate surface area is 57.7 Å². The van der Waals surface area contributed by atoms with E-state index < -0.39 is 5.95 Å². The van der Waals surface area contributed by atoms with Gasteiger partial charge in [-0.2, -0.15) is 4.39 Å². The van der Waals surface area contributed by atoms with E-state index in [0.717, 1.165) is 0 Å². The molecule has 0 saturated carbocycles. The second-order valence-electron chi connectivity index (χ2n) is 2.01. The van der Waals surface area contributed by atoms with Crippen molar-refractivity contribution in [2.45, 2.75) is 6.92 Å². The second kappa shape index (κ2) is 2.56. The Kier molecular flexibility index (Phi) is 1.76. The molecule has 1 aromatic rings. The third kappa shape index (κ3) is 1.37. The number of halogens is 1. The third-order valence-corrected chi connectivity index (χ3v) is 1.08. The first kappa shape index (κ1) is 6.86. The zero-order valence-corrected chi connectivity index (χ0v) is 5.47. The van der Waals surface area contributed by atoms with E-state index >= 15 is 0 Å². The largest absolute Gasteiger partial charge is 0.296 e. The van der Waals surface area contributed by atoms with Gasteiger partial charge in [0.1, 0.15) is 5.69 Å². The van der Waals surface area contributed by atoms with Crippen LogP contribution in [0.3, 0.4) is 0 Å². The molecule has 1 heterocycles. The molecular weight excluding hydrogens is 133 g/mol. The molecule has 0 unspecified atom stereocenters. The number of pyridine rings is 1. The minimum absolute atomic E-state index is 0.137. The van der Waals surface area contributed by atoms with Crippen molar-refractivity contribution in [2.24, 2.45) is 0 Å². The predicted octanol–water partition coefficient (Wildman–Crippen LogP) is 1.34. The summed E-state index contributed by atoms with van der Waals surface area (Å²) in [5.41, 5.74) is 0.840. The number of carbonyl (C=O) groups is 1. The van der Waals surface area contributed by atoms with Gasteiger partial charge in [0, 0.05) is 0 Å². The number of aromatic nitrogens is 1. The van der Waals surface area contributed by atoms with Crippen LogP contribution in [0.1, 0.15) is 16.1 Å². The third-order valence-electron chi connectivity index (χ3n) is 1.08. The summed E-state index contributed by atoms with van der Waals surface area (Å²) in [6.07, 6.45) is 0.524. The highest BCUT2D eigenvalue weighted by Gasteiger charge is 1.96. The summed E-state index contributed by atoms with van der Waals surface area (Å²) in [7, 11) is 0. The average molecular weight is 139 g/mol. The highest BCUT2D eigenvalue weighted by atomic mass is 19.1. The van der Waals surface area contributed by atoms with Crippen LogP contribution in [0.25, 0.3) is 0 Å². The summed E-state index contributed by atoms with van der Waals surface area (Å²) in [5.74, 6) is -0.609. The number of hydrogen-bond donors (Lipinski definition) is 0. The molecule has 0 spiro atoms. The van der Waals surface area contributed by atoms with Crippen LogP contribution in [0.5, 0.6) is 0 Å². The van der Waals surface area contributed by atoms with Crippen molar-refractivity contribution < 1.29 is 9.18 Å². The Morgan fingerprint density at radius 2 is 2.30 bits per heavy atom. The predicted molar refractivity (Wildman–Crippen MR) is 34.3 cm³/mol. The molecule has 0 aliphatic carbocycles. The van der Waals surface area contributed by atoms with Crippen LogP contribution < -0.4 is 0 Å². The Morgan fingerprint density at radius 3 is 2.80 bits per heavy atom. The molecule has 0 N–H and O–H groups in total. The van der Waals surface area contributed by atoms with Crippen molar-refractivity contribution in [1.82, 2.24) is 4.98 Å². The molecule has 1 aromatic heterocycles. The summed E-state index contributed by atoms with van der Waals surface area (Å²) in [6, 6.07) is 2.79. The van der Waals surface area contributed by atoms with Crippen molar-refractivity contribution in [3.05, 3.63) is 29.3 Å². The van der Waals surface area contributed by atoms with Crippen LogP contribution in [-0.4, -0.2) is 11.3 Å². The zero-order chi connectivity index (χ0) is 7.56. The fourth-order valence-corrected chi connectivity index (χ4v) is 0.711. The van der Waals surface area contributed by atoms with E-state index in [9.17, 15) is 9.18 Å². The molecular formula is C7H6FNO. The minimum Gasteiger partial charge on any atom is -0.296 e. The fourth-order valence-electron chi connectivity index (χ4n) is 0.711. The first-order chi connectivity index (χ1) is 4.72. The average Bonchev–Trinajstić information content (AvgIpc) is 1.85. The van der Waals surface area contributed by atoms with Gasteiger partial charge in [0.05, 0.1) is 0 Å². The van der Waals surface area contributed by atoms with Crippen molar-refractivity contribution >= 4 is 6.29 Å². The number of aldehydes is 1. The van der Waals surface area contributed by atoms with Crippen molar-refractivity contribution in [2.75, 3.05) is 0 Å². The van der Waals surface area contributed by atoms with E-state index in [1.165, 1.54) is 12.1 Å². The van der Waals surface area contributed by atoms with Crippen LogP contribution in [-0.2, 0) is 0 Å². The Bertz CT molecular complexity index is 240. The number of rotatable bonds is 1. The van der Waals surface area contributed by atoms with Gasteiger partial charge in [-0.1, -0.05) is 0 Å². The van der Waals surface area contributed by atoms with Gasteiger partial charge >= 0.3 is 0 Å². The number of carbonyl (C=O) groups excluding carboxylic acids is 1. The van der Waals surface area contributed by atoms with Crippen LogP contribution >= 0.6 is 0 Å². The number of hydrogen-bond acceptors (Lipinski definition) is 2. The van der Waals surface area contributed by atoms with Gasteiger partial charge in [-0.05, 0) is 24.6 Å². The second-order valence-corrected chi connectivity index (χ2v) is 2.01. The Hall–Kier alpha value is -1.25. The Balaban J connectivity index is 3.18. The molecule has 0 bridgehead atoms. The lowest BCUT2D eigenvalue weighted by atomic mass is 10.2. The van der Waals surface area contributed by atoms with Gasteiger partial charge in [0.2, 0.25) is 5.95 Å². The highest BCUT2D eigenvalue weighted by molar-refractivity contribution is 5.71. The minimum atomic E-state index is -0.609. The standard InChI is InChI=1S/C7H6FNO/c1-5-2-6(4-10)9-7(8)3-5/h2-4H,1H3. The van der Waals surface area contributed by atoms with E-state index in [1.807, 2.05) is 0 Å². The molecule has 0 saturated heterocycles. The summed E-state index contributed by atoms with van der Waals surface area (Å²) in [5, 5.41) is 0. The molecule has 0 radical (unpaired) electrons. The van der Waals surface area contributed by atoms with Gasteiger partial charge in [-0.3, -0.25) is 4.79 Å². The Morgan fingerprint density at radius 1 is 1.60 bits per heavy atom. The van der Waals surface area contributed by atoms with Gasteiger partial charge in [0.25, 0.3) is 0 Å². The maximum Gasteiger partial charge on any atom is 0.213 e. The lowest BCUT2D eigenvalue weighted by Gasteiger charge is -1.92. The van der Waals surface area contributed by atoms with Crippen LogP contribution in [0.4, 0.5) is 4.39 Å². The molecule has 1 rings (SSSR count). The first-order valence-electron chi connectivity index (χ1n) is 2.82. The summed E-state index contributed by atoms with van der Waals surface area (Å²) in [4.78, 5) is 13.4. The molecule has 0 aromatic carbocycles. The maximum atomic E-state index is 12.3. The lowest BCUT2D eigenvalue weighted by molar-refractivity contribution is 0.111. The molecule has 2 nitrogen and oxygen atoms in total. The van der Waals surface area contributed by atoms with Crippen molar-refractivity contribution in [3.8, 4) is 0 Å². The normalized spacial score (nSPS) is 9.40. The van der Waals surface area contributed by atoms with Crippen molar-refractivity contribution in [1.29, 1.82) is 0 Å². The summed E-state index contributed by atoms with van der Waals surface area (Å²) >= 11 is 0. The van der Waals surface area contributed by atoms with Gasteiger partial charge in [0.15, 0.2) is 6.29 Å². The number of aryl methyl sites for hydroxylation is 1. The molecule has 0 aliphatic heterocycles. The monoisotopic (exact) mass is 139 g/mol. The van der Waals surface area contributed by atoms with Crippen LogP contribution in [0.15, 0.2) is 12.1 Å². The maximum absolute atomic E-state index is 12.3. The van der Waals surface area contributed by atoms with E-state index in [0.29, 0.717) is 11.8 Å². The summed E-state index contributed by atoms with van der Waals surface area (Å²) < 4.78 is 12.3. The SMILES string of the molecule is Cc1cc(F)nc(C=O)c1. The van der Waals surface area contributed by atoms with Gasteiger partial charge in [-0.25, -0.2) is 4.98 Å². The van der Waals surface area contributed by atoms with Crippen LogP contribution in [0, 0.1) is 12.9 Å². The zero-order valence-electron chi connectivity index (χ0n) is 5.47. The topological polar surface area (TPSA) is 30.0 Å². The summed E-state index contributed by atoms with van der Waals surface area (Å²) in [6.45, 7) is 1.71. The molecule has 3 heteroatoms. The molecule has 52 valence electrons. The van der Waals surface area contributed by atoms with Gasteiger partial charge in [-0.15, -0.1) is 0 Å². The van der Waals surface area contributed by atoms with E-state index in [4.69, 9.17) is 0 Å². The highest BCUT2D eigenvalue weighted by Crippen LogP contribution is 2.00. The van der Waals surface area contributed by atoms with Gasteiger partial charge < -0.3 is 0 Å². The quantitative estimate of drug-likeness (QED) is 0.434. The van der Waals surface area contributed by atoms with E-state index in [2.05, 4.69) is 4.98 Å². The number of nitrogens with zero attached hydrogens (tertiary/aromatic N) is 1. The smallest absolute Gasteiger partial charge is 0.213 e. The first-order valence-corrected chi connectivity index (χ1v) is 2.82. The van der Waals surface area contributed by atoms with Crippen molar-refractivity contribution in [3.63, 3.8) is 0 Å².